The summed E-state index contributed by atoms with van der Waals surface area (Å²) in [4.78, 5) is 2.21. The van der Waals surface area contributed by atoms with Crippen LogP contribution in [0.25, 0.3) is 0 Å². The fraction of sp³-hybridized carbons (Fsp3) is 0.400. The lowest BCUT2D eigenvalue weighted by Gasteiger charge is -2.15. The molecule has 0 fully saturated rings. The van der Waals surface area contributed by atoms with Crippen LogP contribution in [0.5, 0.6) is 11.5 Å². The fourth-order valence-electron chi connectivity index (χ4n) is 2.14. The van der Waals surface area contributed by atoms with Crippen molar-refractivity contribution in [2.45, 2.75) is 49.3 Å². The van der Waals surface area contributed by atoms with Gasteiger partial charge in [-0.3, -0.25) is 0 Å². The van der Waals surface area contributed by atoms with Crippen molar-refractivity contribution in [2.75, 3.05) is 18.9 Å². The predicted molar refractivity (Wildman–Crippen MR) is 102 cm³/mol. The number of rotatable bonds is 10. The van der Waals surface area contributed by atoms with Crippen LogP contribution in [-0.2, 0) is 0 Å². The number of ether oxygens (including phenoxy) is 2. The van der Waals surface area contributed by atoms with Crippen molar-refractivity contribution in [1.29, 1.82) is 0 Å². The summed E-state index contributed by atoms with van der Waals surface area (Å²) in [6, 6.07) is 14.2. The Morgan fingerprint density at radius 2 is 1.50 bits per heavy atom. The monoisotopic (exact) mass is 345 g/mol. The van der Waals surface area contributed by atoms with Crippen LogP contribution in [0.3, 0.4) is 0 Å². The molecule has 2 aromatic carbocycles. The Balaban J connectivity index is 2.22. The van der Waals surface area contributed by atoms with Crippen LogP contribution in [0.15, 0.2) is 52.3 Å². The molecule has 2 rings (SSSR count). The van der Waals surface area contributed by atoms with Gasteiger partial charge in [-0.1, -0.05) is 56.7 Å². The Labute approximate surface area is 149 Å². The third-order valence-electron chi connectivity index (χ3n) is 3.56. The summed E-state index contributed by atoms with van der Waals surface area (Å²) < 4.78 is 11.8. The largest absolute Gasteiger partial charge is 0.492 e. The van der Waals surface area contributed by atoms with Crippen LogP contribution < -0.4 is 15.2 Å². The Morgan fingerprint density at radius 1 is 0.875 bits per heavy atom. The molecule has 0 heterocycles. The molecular weight excluding hydrogens is 318 g/mol. The average Bonchev–Trinajstić information content (AvgIpc) is 2.59. The first-order valence-electron chi connectivity index (χ1n) is 8.66. The highest BCUT2D eigenvalue weighted by atomic mass is 32.2. The van der Waals surface area contributed by atoms with Crippen LogP contribution in [-0.4, -0.2) is 13.2 Å². The summed E-state index contributed by atoms with van der Waals surface area (Å²) >= 11 is 1.67. The average molecular weight is 346 g/mol. The summed E-state index contributed by atoms with van der Waals surface area (Å²) in [5.41, 5.74) is 6.79. The summed E-state index contributed by atoms with van der Waals surface area (Å²) in [5, 5.41) is 0. The minimum Gasteiger partial charge on any atom is -0.492 e. The zero-order valence-corrected chi connectivity index (χ0v) is 15.4. The molecule has 0 unspecified atom stereocenters. The zero-order valence-electron chi connectivity index (χ0n) is 14.6. The molecular formula is C20H27NO2S. The number of nitrogens with two attached hydrogens (primary N) is 1. The minimum atomic E-state index is 0.634. The lowest BCUT2D eigenvalue weighted by molar-refractivity contribution is 0.296. The topological polar surface area (TPSA) is 44.5 Å². The Bertz CT molecular complexity index is 617. The molecule has 4 heteroatoms. The first-order valence-corrected chi connectivity index (χ1v) is 9.48. The van der Waals surface area contributed by atoms with E-state index in [2.05, 4.69) is 26.0 Å². The highest BCUT2D eigenvalue weighted by Crippen LogP contribution is 2.40. The maximum Gasteiger partial charge on any atom is 0.143 e. The number of benzene rings is 2. The van der Waals surface area contributed by atoms with Gasteiger partial charge in [0.2, 0.25) is 0 Å². The molecule has 0 radical (unpaired) electrons. The van der Waals surface area contributed by atoms with E-state index in [9.17, 15) is 0 Å². The molecule has 0 saturated carbocycles. The van der Waals surface area contributed by atoms with Gasteiger partial charge in [0.1, 0.15) is 11.5 Å². The van der Waals surface area contributed by atoms with E-state index in [1.54, 1.807) is 11.8 Å². The summed E-state index contributed by atoms with van der Waals surface area (Å²) in [7, 11) is 0. The summed E-state index contributed by atoms with van der Waals surface area (Å²) in [5.74, 6) is 1.57. The molecule has 0 amide bonds. The van der Waals surface area contributed by atoms with E-state index >= 15 is 0 Å². The molecule has 0 aromatic heterocycles. The van der Waals surface area contributed by atoms with Crippen molar-refractivity contribution in [1.82, 2.24) is 0 Å². The van der Waals surface area contributed by atoms with Gasteiger partial charge in [-0.2, -0.15) is 0 Å². The smallest absolute Gasteiger partial charge is 0.143 e. The lowest BCUT2D eigenvalue weighted by atomic mass is 10.2. The molecule has 24 heavy (non-hydrogen) atoms. The second kappa shape index (κ2) is 10.1. The fourth-order valence-corrected chi connectivity index (χ4v) is 3.07. The minimum absolute atomic E-state index is 0.634. The van der Waals surface area contributed by atoms with E-state index in [4.69, 9.17) is 15.2 Å². The van der Waals surface area contributed by atoms with E-state index in [-0.39, 0.29) is 0 Å². The highest BCUT2D eigenvalue weighted by Gasteiger charge is 2.12. The first kappa shape index (κ1) is 18.5. The van der Waals surface area contributed by atoms with Gasteiger partial charge in [-0.05, 0) is 31.0 Å². The van der Waals surface area contributed by atoms with Crippen LogP contribution in [0.1, 0.15) is 39.5 Å². The standard InChI is InChI=1S/C20H27NO2S/c1-3-5-12-22-18-15-20(24-16-10-8-7-9-11-16)19(14-17(18)21)23-13-6-4-2/h7-11,14-15H,3-6,12-13,21H2,1-2H3. The van der Waals surface area contributed by atoms with Crippen molar-refractivity contribution >= 4 is 17.4 Å². The Morgan fingerprint density at radius 3 is 2.12 bits per heavy atom. The van der Waals surface area contributed by atoms with Gasteiger partial charge in [0.05, 0.1) is 23.8 Å². The molecule has 130 valence electrons. The van der Waals surface area contributed by atoms with Crippen LogP contribution in [0.2, 0.25) is 0 Å². The van der Waals surface area contributed by atoms with Gasteiger partial charge in [-0.15, -0.1) is 0 Å². The number of nitrogen functional groups attached to an aromatic ring is 1. The van der Waals surface area contributed by atoms with Crippen LogP contribution >= 0.6 is 11.8 Å². The molecule has 0 bridgehead atoms. The predicted octanol–water partition coefficient (Wildman–Crippen LogP) is 5.78. The van der Waals surface area contributed by atoms with Gasteiger partial charge < -0.3 is 15.2 Å². The van der Waals surface area contributed by atoms with Gasteiger partial charge in [0.25, 0.3) is 0 Å². The second-order valence-corrected chi connectivity index (χ2v) is 6.77. The van der Waals surface area contributed by atoms with E-state index in [1.165, 1.54) is 4.90 Å². The SMILES string of the molecule is CCCCOc1cc(Sc2ccccc2)c(OCCCC)cc1N. The number of anilines is 1. The molecule has 0 aliphatic heterocycles. The zero-order chi connectivity index (χ0) is 17.2. The maximum atomic E-state index is 6.16. The van der Waals surface area contributed by atoms with Crippen LogP contribution in [0, 0.1) is 0 Å². The summed E-state index contributed by atoms with van der Waals surface area (Å²) in [6.45, 7) is 5.69. The van der Waals surface area contributed by atoms with Crippen molar-refractivity contribution in [3.63, 3.8) is 0 Å². The molecule has 0 aliphatic rings. The quantitative estimate of drug-likeness (QED) is 0.438. The number of unbranched alkanes of at least 4 members (excludes halogenated alkanes) is 2. The molecule has 0 spiro atoms. The third-order valence-corrected chi connectivity index (χ3v) is 4.60. The highest BCUT2D eigenvalue weighted by molar-refractivity contribution is 7.99. The Hall–Kier alpha value is -1.81. The van der Waals surface area contributed by atoms with Crippen molar-refractivity contribution < 1.29 is 9.47 Å². The number of hydrogen-bond acceptors (Lipinski definition) is 4. The van der Waals surface area contributed by atoms with Gasteiger partial charge >= 0.3 is 0 Å². The van der Waals surface area contributed by atoms with Gasteiger partial charge in [0.15, 0.2) is 0 Å². The molecule has 0 saturated heterocycles. The molecule has 3 nitrogen and oxygen atoms in total. The number of hydrogen-bond donors (Lipinski definition) is 1. The second-order valence-electron chi connectivity index (χ2n) is 5.66. The molecule has 2 N–H and O–H groups in total. The Kier molecular flexibility index (Phi) is 7.83. The van der Waals surface area contributed by atoms with E-state index in [1.807, 2.05) is 30.3 Å². The first-order chi connectivity index (χ1) is 11.7. The van der Waals surface area contributed by atoms with Crippen molar-refractivity contribution in [2.24, 2.45) is 0 Å². The van der Waals surface area contributed by atoms with Crippen LogP contribution in [0.4, 0.5) is 5.69 Å². The van der Waals surface area contributed by atoms with E-state index < -0.39 is 0 Å². The lowest BCUT2D eigenvalue weighted by Crippen LogP contribution is -2.03. The van der Waals surface area contributed by atoms with Crippen molar-refractivity contribution in [3.05, 3.63) is 42.5 Å². The summed E-state index contributed by atoms with van der Waals surface area (Å²) in [6.07, 6.45) is 4.26. The van der Waals surface area contributed by atoms with E-state index in [0.717, 1.165) is 42.1 Å². The van der Waals surface area contributed by atoms with Gasteiger partial charge in [0, 0.05) is 11.0 Å². The van der Waals surface area contributed by atoms with E-state index in [0.29, 0.717) is 18.9 Å². The van der Waals surface area contributed by atoms with Crippen molar-refractivity contribution in [3.8, 4) is 11.5 Å². The molecule has 0 aliphatic carbocycles. The normalized spacial score (nSPS) is 10.6. The molecule has 0 atom stereocenters. The van der Waals surface area contributed by atoms with Gasteiger partial charge in [-0.25, -0.2) is 0 Å². The molecule has 2 aromatic rings. The maximum absolute atomic E-state index is 6.16. The third kappa shape index (κ3) is 5.68.